The van der Waals surface area contributed by atoms with Crippen LogP contribution in [0.4, 0.5) is 5.69 Å². The first-order valence-corrected chi connectivity index (χ1v) is 6.90. The molecule has 1 aromatic carbocycles. The summed E-state index contributed by atoms with van der Waals surface area (Å²) < 4.78 is 10.2. The van der Waals surface area contributed by atoms with Gasteiger partial charge in [0.15, 0.2) is 0 Å². The quantitative estimate of drug-likeness (QED) is 0.819. The molecule has 0 heterocycles. The number of ether oxygens (including phenoxy) is 2. The van der Waals surface area contributed by atoms with Crippen molar-refractivity contribution in [3.63, 3.8) is 0 Å². The molecular formula is C16H23NO4. The Bertz CT molecular complexity index is 491. The van der Waals surface area contributed by atoms with Gasteiger partial charge in [0.1, 0.15) is 5.60 Å². The van der Waals surface area contributed by atoms with E-state index in [0.29, 0.717) is 12.3 Å². The van der Waals surface area contributed by atoms with Crippen LogP contribution < -0.4 is 5.32 Å². The molecule has 5 heteroatoms. The smallest absolute Gasteiger partial charge is 0.306 e. The second-order valence-electron chi connectivity index (χ2n) is 5.77. The summed E-state index contributed by atoms with van der Waals surface area (Å²) in [6.07, 6.45) is 0.171. The largest absolute Gasteiger partial charge is 0.460 e. The van der Waals surface area contributed by atoms with E-state index in [0.717, 1.165) is 5.56 Å². The molecule has 0 aliphatic carbocycles. The Hall–Kier alpha value is -1.88. The Kier molecular flexibility index (Phi) is 6.37. The molecule has 0 atom stereocenters. The van der Waals surface area contributed by atoms with E-state index < -0.39 is 5.60 Å². The molecule has 0 saturated carbocycles. The Morgan fingerprint density at radius 1 is 1.19 bits per heavy atom. The fourth-order valence-corrected chi connectivity index (χ4v) is 1.74. The van der Waals surface area contributed by atoms with Crippen LogP contribution in [0, 0.1) is 0 Å². The fraction of sp³-hybridized carbons (Fsp3) is 0.500. The Morgan fingerprint density at radius 2 is 1.90 bits per heavy atom. The highest BCUT2D eigenvalue weighted by atomic mass is 16.6. The minimum Gasteiger partial charge on any atom is -0.460 e. The second kappa shape index (κ2) is 7.78. The third-order valence-corrected chi connectivity index (χ3v) is 2.50. The summed E-state index contributed by atoms with van der Waals surface area (Å²) in [5, 5.41) is 2.76. The highest BCUT2D eigenvalue weighted by Gasteiger charge is 2.17. The van der Waals surface area contributed by atoms with E-state index in [-0.39, 0.29) is 24.7 Å². The molecule has 0 aliphatic heterocycles. The van der Waals surface area contributed by atoms with E-state index >= 15 is 0 Å². The van der Waals surface area contributed by atoms with Gasteiger partial charge in [-0.05, 0) is 38.5 Å². The van der Waals surface area contributed by atoms with E-state index in [1.807, 2.05) is 18.2 Å². The molecule has 0 spiro atoms. The third kappa shape index (κ3) is 7.46. The monoisotopic (exact) mass is 293 g/mol. The first-order valence-electron chi connectivity index (χ1n) is 6.90. The normalized spacial score (nSPS) is 11.0. The molecule has 1 amide bonds. The number of esters is 1. The van der Waals surface area contributed by atoms with Crippen molar-refractivity contribution in [3.8, 4) is 0 Å². The Morgan fingerprint density at radius 3 is 2.52 bits per heavy atom. The third-order valence-electron chi connectivity index (χ3n) is 2.50. The van der Waals surface area contributed by atoms with Gasteiger partial charge in [0.25, 0.3) is 0 Å². The number of carbonyl (C=O) groups excluding carboxylic acids is 2. The van der Waals surface area contributed by atoms with Crippen molar-refractivity contribution in [1.82, 2.24) is 0 Å². The Labute approximate surface area is 125 Å². The molecule has 116 valence electrons. The van der Waals surface area contributed by atoms with Crippen molar-refractivity contribution >= 4 is 17.6 Å². The minimum absolute atomic E-state index is 0.0703. The molecule has 0 aliphatic rings. The lowest BCUT2D eigenvalue weighted by molar-refractivity contribution is -0.155. The van der Waals surface area contributed by atoms with Crippen molar-refractivity contribution in [2.24, 2.45) is 0 Å². The standard InChI is InChI=1S/C16H23NO4/c1-16(2,3)21-15(19)9-8-14(18)17-13-7-5-6-12(10-13)11-20-4/h5-7,10H,8-9,11H2,1-4H3,(H,17,18). The number of carbonyl (C=O) groups is 2. The minimum atomic E-state index is -0.526. The summed E-state index contributed by atoms with van der Waals surface area (Å²) in [6.45, 7) is 5.88. The molecular weight excluding hydrogens is 270 g/mol. The van der Waals surface area contributed by atoms with Crippen LogP contribution in [0.15, 0.2) is 24.3 Å². The van der Waals surface area contributed by atoms with E-state index in [1.54, 1.807) is 33.9 Å². The number of amides is 1. The second-order valence-corrected chi connectivity index (χ2v) is 5.77. The highest BCUT2D eigenvalue weighted by molar-refractivity contribution is 5.92. The van der Waals surface area contributed by atoms with E-state index in [2.05, 4.69) is 5.32 Å². The molecule has 0 fully saturated rings. The SMILES string of the molecule is COCc1cccc(NC(=O)CCC(=O)OC(C)(C)C)c1. The van der Waals surface area contributed by atoms with Gasteiger partial charge < -0.3 is 14.8 Å². The number of hydrogen-bond donors (Lipinski definition) is 1. The summed E-state index contributed by atoms with van der Waals surface area (Å²) >= 11 is 0. The summed E-state index contributed by atoms with van der Waals surface area (Å²) in [5.41, 5.74) is 1.14. The fourth-order valence-electron chi connectivity index (χ4n) is 1.74. The summed E-state index contributed by atoms with van der Waals surface area (Å²) in [7, 11) is 1.62. The van der Waals surface area contributed by atoms with Crippen LogP contribution in [0.2, 0.25) is 0 Å². The summed E-state index contributed by atoms with van der Waals surface area (Å²) in [6, 6.07) is 7.40. The van der Waals surface area contributed by atoms with Crippen molar-refractivity contribution in [1.29, 1.82) is 0 Å². The van der Waals surface area contributed by atoms with Gasteiger partial charge in [-0.15, -0.1) is 0 Å². The predicted octanol–water partition coefficient (Wildman–Crippen LogP) is 2.89. The number of rotatable bonds is 6. The first-order chi connectivity index (χ1) is 9.80. The number of nitrogens with one attached hydrogen (secondary N) is 1. The molecule has 0 bridgehead atoms. The summed E-state index contributed by atoms with van der Waals surface area (Å²) in [4.78, 5) is 23.3. The predicted molar refractivity (Wildman–Crippen MR) is 80.9 cm³/mol. The lowest BCUT2D eigenvalue weighted by Crippen LogP contribution is -2.24. The van der Waals surface area contributed by atoms with Crippen LogP contribution in [0.5, 0.6) is 0 Å². The van der Waals surface area contributed by atoms with Crippen molar-refractivity contribution in [2.75, 3.05) is 12.4 Å². The molecule has 5 nitrogen and oxygen atoms in total. The van der Waals surface area contributed by atoms with Gasteiger partial charge in [0.2, 0.25) is 5.91 Å². The van der Waals surface area contributed by atoms with Crippen LogP contribution >= 0.6 is 0 Å². The van der Waals surface area contributed by atoms with E-state index in [1.165, 1.54) is 0 Å². The molecule has 1 aromatic rings. The molecule has 21 heavy (non-hydrogen) atoms. The van der Waals surface area contributed by atoms with E-state index in [9.17, 15) is 9.59 Å². The zero-order chi connectivity index (χ0) is 15.9. The number of anilines is 1. The molecule has 0 unspecified atom stereocenters. The lowest BCUT2D eigenvalue weighted by Gasteiger charge is -2.19. The van der Waals surface area contributed by atoms with Gasteiger partial charge in [0, 0.05) is 19.2 Å². The highest BCUT2D eigenvalue weighted by Crippen LogP contribution is 2.13. The molecule has 0 radical (unpaired) electrons. The maximum Gasteiger partial charge on any atom is 0.306 e. The molecule has 0 saturated heterocycles. The molecule has 1 rings (SSSR count). The van der Waals surface area contributed by atoms with Gasteiger partial charge in [0.05, 0.1) is 13.0 Å². The van der Waals surface area contributed by atoms with Crippen LogP contribution in [0.3, 0.4) is 0 Å². The summed E-state index contributed by atoms with van der Waals surface area (Å²) in [5.74, 6) is -0.582. The van der Waals surface area contributed by atoms with Crippen LogP contribution in [-0.2, 0) is 25.7 Å². The van der Waals surface area contributed by atoms with Crippen molar-refractivity contribution in [2.45, 2.75) is 45.8 Å². The van der Waals surface area contributed by atoms with Gasteiger partial charge in [-0.25, -0.2) is 0 Å². The number of hydrogen-bond acceptors (Lipinski definition) is 4. The Balaban J connectivity index is 2.43. The number of methoxy groups -OCH3 is 1. The molecule has 1 N–H and O–H groups in total. The lowest BCUT2D eigenvalue weighted by atomic mass is 10.2. The van der Waals surface area contributed by atoms with Gasteiger partial charge in [-0.3, -0.25) is 9.59 Å². The van der Waals surface area contributed by atoms with Crippen LogP contribution in [0.1, 0.15) is 39.2 Å². The van der Waals surface area contributed by atoms with E-state index in [4.69, 9.17) is 9.47 Å². The topological polar surface area (TPSA) is 64.6 Å². The average molecular weight is 293 g/mol. The van der Waals surface area contributed by atoms with Crippen molar-refractivity contribution < 1.29 is 19.1 Å². The zero-order valence-electron chi connectivity index (χ0n) is 13.1. The molecule has 0 aromatic heterocycles. The average Bonchev–Trinajstić information content (AvgIpc) is 2.35. The zero-order valence-corrected chi connectivity index (χ0v) is 13.1. The van der Waals surface area contributed by atoms with Gasteiger partial charge in [-0.1, -0.05) is 12.1 Å². The van der Waals surface area contributed by atoms with Crippen molar-refractivity contribution in [3.05, 3.63) is 29.8 Å². The van der Waals surface area contributed by atoms with Crippen LogP contribution in [-0.4, -0.2) is 24.6 Å². The first kappa shape index (κ1) is 17.2. The maximum absolute atomic E-state index is 11.8. The number of benzene rings is 1. The van der Waals surface area contributed by atoms with Crippen LogP contribution in [0.25, 0.3) is 0 Å². The van der Waals surface area contributed by atoms with Gasteiger partial charge in [-0.2, -0.15) is 0 Å². The van der Waals surface area contributed by atoms with Gasteiger partial charge >= 0.3 is 5.97 Å². The maximum atomic E-state index is 11.8.